The van der Waals surface area contributed by atoms with Gasteiger partial charge in [-0.15, -0.1) is 0 Å². The number of anilines is 1. The zero-order valence-electron chi connectivity index (χ0n) is 7.83. The Kier molecular flexibility index (Phi) is 2.63. The van der Waals surface area contributed by atoms with Crippen molar-refractivity contribution < 1.29 is 0 Å². The molecule has 0 aliphatic rings. The van der Waals surface area contributed by atoms with Gasteiger partial charge in [-0.25, -0.2) is 9.97 Å². The lowest BCUT2D eigenvalue weighted by Crippen LogP contribution is -2.04. The number of aryl methyl sites for hydroxylation is 1. The molecule has 0 fully saturated rings. The van der Waals surface area contributed by atoms with E-state index in [2.05, 4.69) is 23.8 Å². The van der Waals surface area contributed by atoms with Crippen molar-refractivity contribution in [3.05, 3.63) is 17.7 Å². The SMILES string of the molecule is CCc1nc(C(C)C)ncc1N. The Morgan fingerprint density at radius 2 is 2.17 bits per heavy atom. The van der Waals surface area contributed by atoms with Crippen molar-refractivity contribution in [1.29, 1.82) is 0 Å². The van der Waals surface area contributed by atoms with E-state index in [1.54, 1.807) is 6.20 Å². The maximum absolute atomic E-state index is 5.68. The number of nitrogen functional groups attached to an aromatic ring is 1. The first-order valence-electron chi connectivity index (χ1n) is 4.26. The molecule has 0 unspecified atom stereocenters. The topological polar surface area (TPSA) is 51.8 Å². The Labute approximate surface area is 73.0 Å². The molecule has 3 nitrogen and oxygen atoms in total. The minimum atomic E-state index is 0.371. The summed E-state index contributed by atoms with van der Waals surface area (Å²) >= 11 is 0. The molecule has 66 valence electrons. The van der Waals surface area contributed by atoms with Crippen LogP contribution in [0.3, 0.4) is 0 Å². The van der Waals surface area contributed by atoms with E-state index >= 15 is 0 Å². The molecule has 1 rings (SSSR count). The van der Waals surface area contributed by atoms with Crippen molar-refractivity contribution in [2.45, 2.75) is 33.1 Å². The van der Waals surface area contributed by atoms with Gasteiger partial charge in [0.15, 0.2) is 0 Å². The summed E-state index contributed by atoms with van der Waals surface area (Å²) in [5.41, 5.74) is 7.32. The van der Waals surface area contributed by atoms with E-state index in [4.69, 9.17) is 5.73 Å². The minimum Gasteiger partial charge on any atom is -0.396 e. The van der Waals surface area contributed by atoms with Gasteiger partial charge in [-0.1, -0.05) is 20.8 Å². The third-order valence-corrected chi connectivity index (χ3v) is 1.77. The fourth-order valence-electron chi connectivity index (χ4n) is 1.00. The first kappa shape index (κ1) is 8.97. The molecule has 0 spiro atoms. The molecule has 12 heavy (non-hydrogen) atoms. The van der Waals surface area contributed by atoms with Crippen molar-refractivity contribution in [3.8, 4) is 0 Å². The Bertz CT molecular complexity index is 268. The molecule has 1 heterocycles. The van der Waals surface area contributed by atoms with Gasteiger partial charge in [-0.3, -0.25) is 0 Å². The number of nitrogens with zero attached hydrogens (tertiary/aromatic N) is 2. The molecule has 1 aromatic rings. The Morgan fingerprint density at radius 1 is 1.50 bits per heavy atom. The second kappa shape index (κ2) is 3.52. The predicted molar refractivity (Wildman–Crippen MR) is 49.9 cm³/mol. The van der Waals surface area contributed by atoms with E-state index in [1.807, 2.05) is 6.92 Å². The monoisotopic (exact) mass is 165 g/mol. The highest BCUT2D eigenvalue weighted by Crippen LogP contribution is 2.13. The molecule has 1 aromatic heterocycles. The third-order valence-electron chi connectivity index (χ3n) is 1.77. The Hall–Kier alpha value is -1.12. The summed E-state index contributed by atoms with van der Waals surface area (Å²) < 4.78 is 0. The normalized spacial score (nSPS) is 10.7. The molecule has 0 aliphatic heterocycles. The van der Waals surface area contributed by atoms with Crippen LogP contribution in [0, 0.1) is 0 Å². The number of rotatable bonds is 2. The van der Waals surface area contributed by atoms with Crippen LogP contribution >= 0.6 is 0 Å². The van der Waals surface area contributed by atoms with Crippen molar-refractivity contribution in [3.63, 3.8) is 0 Å². The summed E-state index contributed by atoms with van der Waals surface area (Å²) in [7, 11) is 0. The molecular formula is C9H15N3. The fourth-order valence-corrected chi connectivity index (χ4v) is 1.00. The lowest BCUT2D eigenvalue weighted by atomic mass is 10.2. The van der Waals surface area contributed by atoms with Gasteiger partial charge in [-0.05, 0) is 6.42 Å². The molecule has 0 aromatic carbocycles. The zero-order chi connectivity index (χ0) is 9.14. The van der Waals surface area contributed by atoms with Crippen LogP contribution in [0.2, 0.25) is 0 Å². The van der Waals surface area contributed by atoms with Crippen LogP contribution in [0.5, 0.6) is 0 Å². The van der Waals surface area contributed by atoms with Gasteiger partial charge in [0.05, 0.1) is 17.6 Å². The quantitative estimate of drug-likeness (QED) is 0.726. The van der Waals surface area contributed by atoms with E-state index in [-0.39, 0.29) is 0 Å². The van der Waals surface area contributed by atoms with Gasteiger partial charge in [0.25, 0.3) is 0 Å². The number of aromatic nitrogens is 2. The van der Waals surface area contributed by atoms with Crippen LogP contribution in [0.15, 0.2) is 6.20 Å². The van der Waals surface area contributed by atoms with E-state index in [0.29, 0.717) is 11.6 Å². The van der Waals surface area contributed by atoms with Crippen molar-refractivity contribution in [2.75, 3.05) is 5.73 Å². The molecule has 0 bridgehead atoms. The molecule has 2 N–H and O–H groups in total. The van der Waals surface area contributed by atoms with Gasteiger partial charge < -0.3 is 5.73 Å². The first-order chi connectivity index (χ1) is 5.65. The van der Waals surface area contributed by atoms with E-state index < -0.39 is 0 Å². The summed E-state index contributed by atoms with van der Waals surface area (Å²) in [5.74, 6) is 1.25. The van der Waals surface area contributed by atoms with Crippen molar-refractivity contribution in [1.82, 2.24) is 9.97 Å². The van der Waals surface area contributed by atoms with Gasteiger partial charge >= 0.3 is 0 Å². The standard InChI is InChI=1S/C9H15N3/c1-4-8-7(10)5-11-9(12-8)6(2)3/h5-6H,4,10H2,1-3H3. The zero-order valence-corrected chi connectivity index (χ0v) is 7.83. The summed E-state index contributed by atoms with van der Waals surface area (Å²) in [4.78, 5) is 8.50. The average molecular weight is 165 g/mol. The highest BCUT2D eigenvalue weighted by molar-refractivity contribution is 5.40. The van der Waals surface area contributed by atoms with Crippen LogP contribution < -0.4 is 5.73 Å². The second-order valence-corrected chi connectivity index (χ2v) is 3.14. The molecular weight excluding hydrogens is 150 g/mol. The van der Waals surface area contributed by atoms with Crippen LogP contribution in [0.25, 0.3) is 0 Å². The second-order valence-electron chi connectivity index (χ2n) is 3.14. The lowest BCUT2D eigenvalue weighted by molar-refractivity contribution is 0.760. The van der Waals surface area contributed by atoms with Crippen LogP contribution in [-0.4, -0.2) is 9.97 Å². The summed E-state index contributed by atoms with van der Waals surface area (Å²) in [5, 5.41) is 0. The predicted octanol–water partition coefficient (Wildman–Crippen LogP) is 1.74. The molecule has 0 aliphatic carbocycles. The van der Waals surface area contributed by atoms with E-state index in [0.717, 1.165) is 17.9 Å². The van der Waals surface area contributed by atoms with Crippen molar-refractivity contribution >= 4 is 5.69 Å². The number of nitrogens with two attached hydrogens (primary N) is 1. The Morgan fingerprint density at radius 3 is 2.67 bits per heavy atom. The van der Waals surface area contributed by atoms with Crippen LogP contribution in [0.4, 0.5) is 5.69 Å². The molecule has 0 amide bonds. The first-order valence-corrected chi connectivity index (χ1v) is 4.26. The number of hydrogen-bond acceptors (Lipinski definition) is 3. The van der Waals surface area contributed by atoms with Gasteiger partial charge in [0, 0.05) is 5.92 Å². The smallest absolute Gasteiger partial charge is 0.131 e. The Balaban J connectivity index is 3.05. The molecule has 3 heteroatoms. The average Bonchev–Trinajstić information content (AvgIpc) is 2.05. The molecule has 0 saturated carbocycles. The van der Waals surface area contributed by atoms with Crippen molar-refractivity contribution in [2.24, 2.45) is 0 Å². The van der Waals surface area contributed by atoms with Gasteiger partial charge in [0.2, 0.25) is 0 Å². The highest BCUT2D eigenvalue weighted by atomic mass is 14.9. The third kappa shape index (κ3) is 1.72. The molecule has 0 radical (unpaired) electrons. The van der Waals surface area contributed by atoms with Gasteiger partial charge in [0.1, 0.15) is 5.82 Å². The minimum absolute atomic E-state index is 0.371. The summed E-state index contributed by atoms with van der Waals surface area (Å²) in [6.45, 7) is 6.19. The molecule has 0 saturated heterocycles. The summed E-state index contributed by atoms with van der Waals surface area (Å²) in [6, 6.07) is 0. The number of hydrogen-bond donors (Lipinski definition) is 1. The largest absolute Gasteiger partial charge is 0.396 e. The van der Waals surface area contributed by atoms with Crippen LogP contribution in [0.1, 0.15) is 38.2 Å². The van der Waals surface area contributed by atoms with Gasteiger partial charge in [-0.2, -0.15) is 0 Å². The maximum Gasteiger partial charge on any atom is 0.131 e. The van der Waals surface area contributed by atoms with E-state index in [9.17, 15) is 0 Å². The highest BCUT2D eigenvalue weighted by Gasteiger charge is 2.05. The fraction of sp³-hybridized carbons (Fsp3) is 0.556. The maximum atomic E-state index is 5.68. The lowest BCUT2D eigenvalue weighted by Gasteiger charge is -2.06. The molecule has 0 atom stereocenters. The van der Waals surface area contributed by atoms with Crippen LogP contribution in [-0.2, 0) is 6.42 Å². The van der Waals surface area contributed by atoms with E-state index in [1.165, 1.54) is 0 Å². The summed E-state index contributed by atoms with van der Waals surface area (Å²) in [6.07, 6.45) is 2.56.